The number of rotatable bonds is 3. The maximum absolute atomic E-state index is 11.6. The number of cyclic esters (lactones) is 1. The standard InChI is InChI=1S/C12H19NO4/c1-16-11(14)8-9-4-2-3-6-13(9)10-5-7-17-12(10)15/h9-10H,2-8H2,1H3. The molecule has 5 heteroatoms. The van der Waals surface area contributed by atoms with Crippen molar-refractivity contribution in [1.29, 1.82) is 0 Å². The Morgan fingerprint density at radius 1 is 1.47 bits per heavy atom. The maximum Gasteiger partial charge on any atom is 0.323 e. The lowest BCUT2D eigenvalue weighted by Gasteiger charge is -2.37. The highest BCUT2D eigenvalue weighted by Gasteiger charge is 2.38. The van der Waals surface area contributed by atoms with Gasteiger partial charge in [0.25, 0.3) is 0 Å². The minimum Gasteiger partial charge on any atom is -0.469 e. The van der Waals surface area contributed by atoms with Gasteiger partial charge in [0.05, 0.1) is 20.1 Å². The second kappa shape index (κ2) is 5.49. The number of hydrogen-bond acceptors (Lipinski definition) is 5. The van der Waals surface area contributed by atoms with E-state index in [1.807, 2.05) is 0 Å². The van der Waals surface area contributed by atoms with E-state index < -0.39 is 0 Å². The maximum atomic E-state index is 11.6. The molecule has 17 heavy (non-hydrogen) atoms. The van der Waals surface area contributed by atoms with Gasteiger partial charge >= 0.3 is 11.9 Å². The van der Waals surface area contributed by atoms with Crippen LogP contribution in [0, 0.1) is 0 Å². The smallest absolute Gasteiger partial charge is 0.323 e. The molecule has 2 aliphatic heterocycles. The van der Waals surface area contributed by atoms with Crippen molar-refractivity contribution >= 4 is 11.9 Å². The molecule has 0 aromatic carbocycles. The summed E-state index contributed by atoms with van der Waals surface area (Å²) in [6.45, 7) is 1.38. The number of nitrogens with zero attached hydrogens (tertiary/aromatic N) is 1. The quantitative estimate of drug-likeness (QED) is 0.681. The summed E-state index contributed by atoms with van der Waals surface area (Å²) in [5, 5.41) is 0. The second-order valence-corrected chi connectivity index (χ2v) is 4.64. The molecule has 0 bridgehead atoms. The third-order valence-corrected chi connectivity index (χ3v) is 3.61. The summed E-state index contributed by atoms with van der Waals surface area (Å²) in [6, 6.07) is -0.0168. The number of carbonyl (C=O) groups is 2. The first-order valence-corrected chi connectivity index (χ1v) is 6.21. The van der Waals surface area contributed by atoms with E-state index in [9.17, 15) is 9.59 Å². The molecule has 0 amide bonds. The lowest BCUT2D eigenvalue weighted by atomic mass is 9.96. The number of carbonyl (C=O) groups excluding carboxylic acids is 2. The van der Waals surface area contributed by atoms with Crippen LogP contribution in [0.15, 0.2) is 0 Å². The van der Waals surface area contributed by atoms with E-state index in [4.69, 9.17) is 9.47 Å². The van der Waals surface area contributed by atoms with Crippen LogP contribution in [0.5, 0.6) is 0 Å². The molecule has 0 N–H and O–H groups in total. The third-order valence-electron chi connectivity index (χ3n) is 3.61. The SMILES string of the molecule is COC(=O)CC1CCCCN1C1CCOC1=O. The highest BCUT2D eigenvalue weighted by atomic mass is 16.5. The summed E-state index contributed by atoms with van der Waals surface area (Å²) in [7, 11) is 1.40. The molecule has 2 atom stereocenters. The van der Waals surface area contributed by atoms with Crippen molar-refractivity contribution < 1.29 is 19.1 Å². The lowest BCUT2D eigenvalue weighted by molar-refractivity contribution is -0.147. The van der Waals surface area contributed by atoms with Crippen molar-refractivity contribution in [2.24, 2.45) is 0 Å². The zero-order valence-electron chi connectivity index (χ0n) is 10.2. The third kappa shape index (κ3) is 2.77. The van der Waals surface area contributed by atoms with E-state index in [0.717, 1.165) is 32.2 Å². The largest absolute Gasteiger partial charge is 0.469 e. The first kappa shape index (κ1) is 12.4. The molecule has 2 rings (SSSR count). The van der Waals surface area contributed by atoms with E-state index in [1.54, 1.807) is 0 Å². The Balaban J connectivity index is 2.01. The Labute approximate surface area is 101 Å². The Hall–Kier alpha value is -1.10. The minimum absolute atomic E-state index is 0.131. The highest BCUT2D eigenvalue weighted by Crippen LogP contribution is 2.26. The number of likely N-dealkylation sites (tertiary alicyclic amines) is 1. The van der Waals surface area contributed by atoms with Gasteiger partial charge < -0.3 is 9.47 Å². The molecule has 96 valence electrons. The molecule has 2 heterocycles. The van der Waals surface area contributed by atoms with E-state index in [0.29, 0.717) is 13.0 Å². The number of piperidine rings is 1. The molecular weight excluding hydrogens is 222 g/mol. The van der Waals surface area contributed by atoms with E-state index >= 15 is 0 Å². The molecule has 0 aromatic heterocycles. The van der Waals surface area contributed by atoms with Crippen LogP contribution in [0.3, 0.4) is 0 Å². The minimum atomic E-state index is -0.201. The number of methoxy groups -OCH3 is 1. The van der Waals surface area contributed by atoms with E-state index in [2.05, 4.69) is 4.90 Å². The van der Waals surface area contributed by atoms with Crippen LogP contribution >= 0.6 is 0 Å². The average molecular weight is 241 g/mol. The van der Waals surface area contributed by atoms with E-state index in [1.165, 1.54) is 7.11 Å². The monoisotopic (exact) mass is 241 g/mol. The van der Waals surface area contributed by atoms with Gasteiger partial charge in [-0.1, -0.05) is 6.42 Å². The Bertz CT molecular complexity index is 305. The number of ether oxygens (including phenoxy) is 2. The predicted molar refractivity (Wildman–Crippen MR) is 60.3 cm³/mol. The number of esters is 2. The molecule has 0 radical (unpaired) electrons. The van der Waals surface area contributed by atoms with Crippen LogP contribution < -0.4 is 0 Å². The second-order valence-electron chi connectivity index (χ2n) is 4.64. The van der Waals surface area contributed by atoms with Crippen LogP contribution in [0.4, 0.5) is 0 Å². The van der Waals surface area contributed by atoms with Crippen LogP contribution in [-0.2, 0) is 19.1 Å². The molecule has 2 unspecified atom stereocenters. The van der Waals surface area contributed by atoms with Gasteiger partial charge in [-0.25, -0.2) is 0 Å². The van der Waals surface area contributed by atoms with Crippen molar-refractivity contribution in [1.82, 2.24) is 4.90 Å². The van der Waals surface area contributed by atoms with Crippen molar-refractivity contribution in [2.45, 2.75) is 44.2 Å². The first-order chi connectivity index (χ1) is 8.22. The summed E-state index contributed by atoms with van der Waals surface area (Å²) in [5.74, 6) is -0.338. The summed E-state index contributed by atoms with van der Waals surface area (Å²) in [6.07, 6.45) is 4.27. The summed E-state index contributed by atoms with van der Waals surface area (Å²) in [4.78, 5) is 25.1. The Morgan fingerprint density at radius 3 is 2.94 bits per heavy atom. The summed E-state index contributed by atoms with van der Waals surface area (Å²) in [5.41, 5.74) is 0. The zero-order chi connectivity index (χ0) is 12.3. The van der Waals surface area contributed by atoms with Gasteiger partial charge in [0.2, 0.25) is 0 Å². The number of hydrogen-bond donors (Lipinski definition) is 0. The van der Waals surface area contributed by atoms with Crippen molar-refractivity contribution in [2.75, 3.05) is 20.3 Å². The van der Waals surface area contributed by atoms with Crippen LogP contribution in [0.1, 0.15) is 32.1 Å². The molecule has 2 saturated heterocycles. The molecule has 0 saturated carbocycles. The molecule has 2 aliphatic rings. The summed E-state index contributed by atoms with van der Waals surface area (Å²) >= 11 is 0. The summed E-state index contributed by atoms with van der Waals surface area (Å²) < 4.78 is 9.71. The predicted octanol–water partition coefficient (Wildman–Crippen LogP) is 0.720. The molecule has 0 aromatic rings. The lowest BCUT2D eigenvalue weighted by Crippen LogP contribution is -2.49. The van der Waals surface area contributed by atoms with Gasteiger partial charge in [-0.05, 0) is 19.4 Å². The molecule has 0 aliphatic carbocycles. The van der Waals surface area contributed by atoms with Gasteiger partial charge in [-0.15, -0.1) is 0 Å². The van der Waals surface area contributed by atoms with Crippen LogP contribution in [-0.4, -0.2) is 49.2 Å². The molecule has 5 nitrogen and oxygen atoms in total. The van der Waals surface area contributed by atoms with Crippen molar-refractivity contribution in [3.8, 4) is 0 Å². The molecule has 0 spiro atoms. The van der Waals surface area contributed by atoms with Gasteiger partial charge in [-0.2, -0.15) is 0 Å². The Kier molecular flexibility index (Phi) is 3.99. The highest BCUT2D eigenvalue weighted by molar-refractivity contribution is 5.77. The van der Waals surface area contributed by atoms with Crippen LogP contribution in [0.25, 0.3) is 0 Å². The van der Waals surface area contributed by atoms with Crippen LogP contribution in [0.2, 0.25) is 0 Å². The van der Waals surface area contributed by atoms with Gasteiger partial charge in [-0.3, -0.25) is 14.5 Å². The fourth-order valence-electron chi connectivity index (χ4n) is 2.71. The van der Waals surface area contributed by atoms with Gasteiger partial charge in [0.1, 0.15) is 6.04 Å². The van der Waals surface area contributed by atoms with Crippen molar-refractivity contribution in [3.63, 3.8) is 0 Å². The first-order valence-electron chi connectivity index (χ1n) is 6.21. The topological polar surface area (TPSA) is 55.8 Å². The normalized spacial score (nSPS) is 30.1. The molecule has 2 fully saturated rings. The average Bonchev–Trinajstić information content (AvgIpc) is 2.76. The van der Waals surface area contributed by atoms with Crippen molar-refractivity contribution in [3.05, 3.63) is 0 Å². The Morgan fingerprint density at radius 2 is 2.29 bits per heavy atom. The molecular formula is C12H19NO4. The van der Waals surface area contributed by atoms with E-state index in [-0.39, 0.29) is 24.0 Å². The zero-order valence-corrected chi connectivity index (χ0v) is 10.2. The fraction of sp³-hybridized carbons (Fsp3) is 0.833. The van der Waals surface area contributed by atoms with Gasteiger partial charge in [0, 0.05) is 12.5 Å². The fourth-order valence-corrected chi connectivity index (χ4v) is 2.71. The van der Waals surface area contributed by atoms with Gasteiger partial charge in [0.15, 0.2) is 0 Å².